The van der Waals surface area contributed by atoms with Crippen molar-refractivity contribution in [3.05, 3.63) is 71.2 Å². The maximum absolute atomic E-state index is 13.6. The van der Waals surface area contributed by atoms with Gasteiger partial charge < -0.3 is 19.9 Å². The number of carbonyl (C=O) groups is 1. The van der Waals surface area contributed by atoms with Crippen LogP contribution in [0.15, 0.2) is 65.6 Å². The van der Waals surface area contributed by atoms with Gasteiger partial charge in [-0.05, 0) is 68.8 Å². The molecule has 4 bridgehead atoms. The first-order valence-corrected chi connectivity index (χ1v) is 14.6. The number of aromatic nitrogens is 4. The molecule has 4 aliphatic heterocycles. The van der Waals surface area contributed by atoms with Gasteiger partial charge in [0.1, 0.15) is 11.1 Å². The minimum atomic E-state index is -0.171. The molecule has 11 nitrogen and oxygen atoms in total. The van der Waals surface area contributed by atoms with E-state index in [0.717, 1.165) is 37.3 Å². The van der Waals surface area contributed by atoms with E-state index in [2.05, 4.69) is 57.5 Å². The van der Waals surface area contributed by atoms with Gasteiger partial charge in [-0.2, -0.15) is 4.98 Å². The second-order valence-electron chi connectivity index (χ2n) is 11.5. The van der Waals surface area contributed by atoms with Gasteiger partial charge >= 0.3 is 0 Å². The summed E-state index contributed by atoms with van der Waals surface area (Å²) < 4.78 is 9.20. The Bertz CT molecular complexity index is 1790. The molecule has 2 unspecified atom stereocenters. The molecule has 0 saturated carbocycles. The molecule has 4 aliphatic rings. The van der Waals surface area contributed by atoms with Crippen LogP contribution < -0.4 is 25.4 Å². The van der Waals surface area contributed by atoms with Crippen LogP contribution in [0, 0.1) is 0 Å². The largest absolute Gasteiger partial charge is 0.482 e. The molecule has 0 radical (unpaired) electrons. The summed E-state index contributed by atoms with van der Waals surface area (Å²) in [6.07, 6.45) is 8.49. The molecule has 6 heterocycles. The highest BCUT2D eigenvalue weighted by atomic mass is 16.5. The Hall–Kier alpha value is -4.64. The van der Waals surface area contributed by atoms with Gasteiger partial charge in [-0.25, -0.2) is 14.3 Å². The lowest BCUT2D eigenvalue weighted by molar-refractivity contribution is -0.121. The fourth-order valence-electron chi connectivity index (χ4n) is 6.79. The molecule has 42 heavy (non-hydrogen) atoms. The van der Waals surface area contributed by atoms with Gasteiger partial charge in [-0.15, -0.1) is 0 Å². The number of benzene rings is 2. The third-order valence-electron chi connectivity index (χ3n) is 8.97. The molecule has 1 N–H and O–H groups in total. The summed E-state index contributed by atoms with van der Waals surface area (Å²) in [6.45, 7) is 3.20. The molecule has 11 heteroatoms. The second-order valence-corrected chi connectivity index (χ2v) is 11.5. The van der Waals surface area contributed by atoms with Crippen molar-refractivity contribution < 1.29 is 9.53 Å². The minimum absolute atomic E-state index is 0.0268. The number of nitrogens with one attached hydrogen (secondary N) is 1. The molecule has 2 aromatic carbocycles. The van der Waals surface area contributed by atoms with Crippen LogP contribution in [-0.4, -0.2) is 75.5 Å². The topological polar surface area (TPSA) is 101 Å². The second kappa shape index (κ2) is 9.73. The number of carbonyl (C=O) groups excluding carboxylic acids is 1. The van der Waals surface area contributed by atoms with Crippen LogP contribution in [0.5, 0.6) is 5.75 Å². The minimum Gasteiger partial charge on any atom is -0.482 e. The third-order valence-corrected chi connectivity index (χ3v) is 8.97. The molecule has 214 valence electrons. The number of rotatable bonds is 3. The lowest BCUT2D eigenvalue weighted by Crippen LogP contribution is -2.44. The number of anilines is 4. The van der Waals surface area contributed by atoms with E-state index in [0.29, 0.717) is 53.6 Å². The van der Waals surface area contributed by atoms with Crippen molar-refractivity contribution in [2.75, 3.05) is 48.4 Å². The Labute approximate surface area is 242 Å². The number of ether oxygens (including phenoxy) is 1. The number of nitrogens with zero attached hydrogens (tertiary/aromatic N) is 7. The molecule has 2 fully saturated rings. The van der Waals surface area contributed by atoms with E-state index in [1.807, 2.05) is 29.0 Å². The molecule has 4 aromatic rings. The van der Waals surface area contributed by atoms with E-state index in [9.17, 15) is 9.59 Å². The maximum atomic E-state index is 13.6. The van der Waals surface area contributed by atoms with E-state index in [1.54, 1.807) is 15.8 Å². The van der Waals surface area contributed by atoms with Crippen LogP contribution in [0.3, 0.4) is 0 Å². The number of piperazine rings is 1. The summed E-state index contributed by atoms with van der Waals surface area (Å²) in [5, 5.41) is 3.75. The van der Waals surface area contributed by atoms with Crippen LogP contribution in [0.1, 0.15) is 19.3 Å². The van der Waals surface area contributed by atoms with Crippen LogP contribution in [0.2, 0.25) is 0 Å². The van der Waals surface area contributed by atoms with Gasteiger partial charge in [-0.3, -0.25) is 14.5 Å². The number of hydrogen-bond acceptors (Lipinski definition) is 8. The summed E-state index contributed by atoms with van der Waals surface area (Å²) >= 11 is 0. The van der Waals surface area contributed by atoms with Gasteiger partial charge in [0, 0.05) is 49.3 Å². The highest BCUT2D eigenvalue weighted by Crippen LogP contribution is 2.36. The summed E-state index contributed by atoms with van der Waals surface area (Å²) in [6, 6.07) is 15.3. The highest BCUT2D eigenvalue weighted by Gasteiger charge is 2.41. The van der Waals surface area contributed by atoms with Gasteiger partial charge in [0.2, 0.25) is 5.95 Å². The number of fused-ring (bicyclic) bond motifs is 7. The molecule has 2 atom stereocenters. The van der Waals surface area contributed by atoms with E-state index in [4.69, 9.17) is 9.72 Å². The van der Waals surface area contributed by atoms with Gasteiger partial charge in [0.25, 0.3) is 11.5 Å². The molecular weight excluding hydrogens is 532 g/mol. The van der Waals surface area contributed by atoms with E-state index < -0.39 is 0 Å². The monoisotopic (exact) mass is 564 g/mol. The molecule has 2 saturated heterocycles. The molecule has 8 rings (SSSR count). The zero-order valence-electron chi connectivity index (χ0n) is 23.4. The van der Waals surface area contributed by atoms with E-state index in [1.165, 1.54) is 12.1 Å². The molecule has 0 spiro atoms. The van der Waals surface area contributed by atoms with Crippen molar-refractivity contribution in [3.8, 4) is 11.4 Å². The van der Waals surface area contributed by atoms with E-state index >= 15 is 0 Å². The Kier molecular flexibility index (Phi) is 5.81. The molecular formula is C31H32N8O3. The number of likely N-dealkylation sites (tertiary alicyclic amines) is 1. The van der Waals surface area contributed by atoms with Crippen molar-refractivity contribution in [1.82, 2.24) is 24.2 Å². The number of hydrogen-bond donors (Lipinski definition) is 1. The van der Waals surface area contributed by atoms with Crippen molar-refractivity contribution in [2.24, 2.45) is 0 Å². The molecule has 2 aromatic heterocycles. The van der Waals surface area contributed by atoms with Crippen LogP contribution in [0.25, 0.3) is 16.7 Å². The third kappa shape index (κ3) is 4.06. The van der Waals surface area contributed by atoms with Crippen LogP contribution in [-0.2, 0) is 11.3 Å². The lowest BCUT2D eigenvalue weighted by Gasteiger charge is -2.33. The molecule has 0 aliphatic carbocycles. The SMILES string of the molecule is CN1CC2CC1CN2c1ccc(Nc2ncc3c(=O)n4n(c3n2)-c2ccc3c(c2)N(CCC/C=C\C4)C(=O)CO3)cc1. The normalized spacial score (nSPS) is 22.5. The van der Waals surface area contributed by atoms with Crippen molar-refractivity contribution in [3.63, 3.8) is 0 Å². The smallest absolute Gasteiger partial charge is 0.278 e. The van der Waals surface area contributed by atoms with Crippen LogP contribution >= 0.6 is 0 Å². The Morgan fingerprint density at radius 3 is 2.67 bits per heavy atom. The van der Waals surface area contributed by atoms with Crippen molar-refractivity contribution in [2.45, 2.75) is 37.9 Å². The molecule has 1 amide bonds. The summed E-state index contributed by atoms with van der Waals surface area (Å²) in [7, 11) is 2.21. The summed E-state index contributed by atoms with van der Waals surface area (Å²) in [5.41, 5.74) is 3.85. The Balaban J connectivity index is 1.16. The van der Waals surface area contributed by atoms with Crippen LogP contribution in [0.4, 0.5) is 23.0 Å². The number of allylic oxidation sites excluding steroid dienone is 2. The average molecular weight is 565 g/mol. The standard InChI is InChI=1S/C31H32N8O3/c1-35-17-24-14-23(35)18-37(24)21-8-6-20(7-9-21)33-31-32-16-25-29(34-31)39-22-10-11-27-26(15-22)36(28(40)19-42-27)12-4-2-3-5-13-38(39)30(25)41/h3,5-11,15-16,23-24H,2,4,12-14,17-19H2,1H3,(H,32,33,34)/b5-3-. The highest BCUT2D eigenvalue weighted by molar-refractivity contribution is 5.98. The Morgan fingerprint density at radius 2 is 1.86 bits per heavy atom. The summed E-state index contributed by atoms with van der Waals surface area (Å²) in [4.78, 5) is 42.4. The first-order chi connectivity index (χ1) is 20.5. The predicted molar refractivity (Wildman–Crippen MR) is 161 cm³/mol. The first-order valence-electron chi connectivity index (χ1n) is 14.6. The van der Waals surface area contributed by atoms with Crippen molar-refractivity contribution in [1.29, 1.82) is 0 Å². The summed E-state index contributed by atoms with van der Waals surface area (Å²) in [5.74, 6) is 0.989. The van der Waals surface area contributed by atoms with Gasteiger partial charge in [0.05, 0.1) is 17.9 Å². The zero-order valence-corrected chi connectivity index (χ0v) is 23.4. The van der Waals surface area contributed by atoms with Gasteiger partial charge in [0.15, 0.2) is 12.3 Å². The lowest BCUT2D eigenvalue weighted by atomic mass is 10.1. The van der Waals surface area contributed by atoms with Crippen molar-refractivity contribution >= 4 is 40.0 Å². The fraction of sp³-hybridized carbons (Fsp3) is 0.355. The zero-order chi connectivity index (χ0) is 28.4. The fourth-order valence-corrected chi connectivity index (χ4v) is 6.79. The Morgan fingerprint density at radius 1 is 1.00 bits per heavy atom. The number of amides is 1. The van der Waals surface area contributed by atoms with E-state index in [-0.39, 0.29) is 18.1 Å². The average Bonchev–Trinajstić information content (AvgIpc) is 3.66. The number of likely N-dealkylation sites (N-methyl/N-ethyl adjacent to an activating group) is 1. The van der Waals surface area contributed by atoms with Gasteiger partial charge in [-0.1, -0.05) is 12.2 Å². The predicted octanol–water partition coefficient (Wildman–Crippen LogP) is 3.29. The first kappa shape index (κ1) is 25.1. The maximum Gasteiger partial charge on any atom is 0.278 e. The quantitative estimate of drug-likeness (QED) is 0.379.